The van der Waals surface area contributed by atoms with Gasteiger partial charge in [-0.15, -0.1) is 0 Å². The van der Waals surface area contributed by atoms with Crippen LogP contribution in [0.2, 0.25) is 0 Å². The zero-order valence-electron chi connectivity index (χ0n) is 9.25. The molecule has 0 radical (unpaired) electrons. The molecule has 1 aromatic rings. The van der Waals surface area contributed by atoms with Crippen LogP contribution in [-0.4, -0.2) is 20.3 Å². The largest absolute Gasteiger partial charge is 0.496 e. The Kier molecular flexibility index (Phi) is 2.82. The Labute approximate surface area is 90.2 Å². The maximum Gasteiger partial charge on any atom is 0.126 e. The molecule has 1 atom stereocenters. The van der Waals surface area contributed by atoms with Gasteiger partial charge in [0.05, 0.1) is 13.7 Å². The maximum absolute atomic E-state index is 5.69. The van der Waals surface area contributed by atoms with Gasteiger partial charge in [-0.2, -0.15) is 0 Å². The van der Waals surface area contributed by atoms with Gasteiger partial charge in [-0.1, -0.05) is 6.92 Å². The topological polar surface area (TPSA) is 44.5 Å². The Bertz CT molecular complexity index is 363. The fourth-order valence-corrected chi connectivity index (χ4v) is 1.91. The SMILES string of the molecule is COc1cc2c(cc1C(C)CN)CCO2. The van der Waals surface area contributed by atoms with Crippen LogP contribution in [0.1, 0.15) is 24.0 Å². The van der Waals surface area contributed by atoms with Crippen molar-refractivity contribution < 1.29 is 9.47 Å². The van der Waals surface area contributed by atoms with Gasteiger partial charge in [-0.05, 0) is 29.7 Å². The molecule has 0 saturated heterocycles. The zero-order chi connectivity index (χ0) is 10.8. The van der Waals surface area contributed by atoms with Crippen LogP contribution in [0.15, 0.2) is 12.1 Å². The molecule has 0 spiro atoms. The third-order valence-corrected chi connectivity index (χ3v) is 2.93. The highest BCUT2D eigenvalue weighted by Gasteiger charge is 2.18. The maximum atomic E-state index is 5.69. The number of rotatable bonds is 3. The van der Waals surface area contributed by atoms with E-state index in [1.807, 2.05) is 6.07 Å². The van der Waals surface area contributed by atoms with Crippen molar-refractivity contribution in [3.05, 3.63) is 23.3 Å². The number of ether oxygens (including phenoxy) is 2. The van der Waals surface area contributed by atoms with Gasteiger partial charge in [0.2, 0.25) is 0 Å². The lowest BCUT2D eigenvalue weighted by Crippen LogP contribution is -2.10. The number of benzene rings is 1. The monoisotopic (exact) mass is 207 g/mol. The van der Waals surface area contributed by atoms with Crippen molar-refractivity contribution >= 4 is 0 Å². The molecule has 0 bridgehead atoms. The van der Waals surface area contributed by atoms with Crippen LogP contribution < -0.4 is 15.2 Å². The van der Waals surface area contributed by atoms with E-state index in [9.17, 15) is 0 Å². The highest BCUT2D eigenvalue weighted by Crippen LogP contribution is 2.36. The molecule has 1 aliphatic heterocycles. The van der Waals surface area contributed by atoms with E-state index in [-0.39, 0.29) is 0 Å². The first kappa shape index (κ1) is 10.3. The summed E-state index contributed by atoms with van der Waals surface area (Å²) in [5, 5.41) is 0. The summed E-state index contributed by atoms with van der Waals surface area (Å²) in [6.45, 7) is 3.52. The molecule has 1 aliphatic rings. The highest BCUT2D eigenvalue weighted by atomic mass is 16.5. The molecule has 0 saturated carbocycles. The Morgan fingerprint density at radius 3 is 3.00 bits per heavy atom. The predicted molar refractivity (Wildman–Crippen MR) is 59.7 cm³/mol. The van der Waals surface area contributed by atoms with E-state index in [1.165, 1.54) is 11.1 Å². The summed E-state index contributed by atoms with van der Waals surface area (Å²) in [4.78, 5) is 0. The molecule has 0 aliphatic carbocycles. The van der Waals surface area contributed by atoms with Crippen molar-refractivity contribution in [3.8, 4) is 11.5 Å². The number of hydrogen-bond acceptors (Lipinski definition) is 3. The summed E-state index contributed by atoms with van der Waals surface area (Å²) in [6.07, 6.45) is 0.990. The van der Waals surface area contributed by atoms with Crippen LogP contribution in [0.4, 0.5) is 0 Å². The van der Waals surface area contributed by atoms with E-state index in [1.54, 1.807) is 7.11 Å². The van der Waals surface area contributed by atoms with Crippen molar-refractivity contribution in [1.82, 2.24) is 0 Å². The molecule has 2 rings (SSSR count). The zero-order valence-corrected chi connectivity index (χ0v) is 9.25. The first-order chi connectivity index (χ1) is 7.26. The normalized spacial score (nSPS) is 15.7. The van der Waals surface area contributed by atoms with Crippen molar-refractivity contribution in [3.63, 3.8) is 0 Å². The van der Waals surface area contributed by atoms with Crippen LogP contribution in [0.25, 0.3) is 0 Å². The first-order valence-corrected chi connectivity index (χ1v) is 5.30. The predicted octanol–water partition coefficient (Wildman–Crippen LogP) is 1.69. The first-order valence-electron chi connectivity index (χ1n) is 5.30. The van der Waals surface area contributed by atoms with E-state index in [4.69, 9.17) is 15.2 Å². The van der Waals surface area contributed by atoms with E-state index in [2.05, 4.69) is 13.0 Å². The number of methoxy groups -OCH3 is 1. The van der Waals surface area contributed by atoms with Gasteiger partial charge in [0.25, 0.3) is 0 Å². The fraction of sp³-hybridized carbons (Fsp3) is 0.500. The van der Waals surface area contributed by atoms with Crippen molar-refractivity contribution in [2.45, 2.75) is 19.3 Å². The molecular weight excluding hydrogens is 190 g/mol. The fourth-order valence-electron chi connectivity index (χ4n) is 1.91. The lowest BCUT2D eigenvalue weighted by Gasteiger charge is -2.15. The Morgan fingerprint density at radius 2 is 2.33 bits per heavy atom. The molecule has 2 N–H and O–H groups in total. The third-order valence-electron chi connectivity index (χ3n) is 2.93. The molecule has 3 nitrogen and oxygen atoms in total. The molecule has 82 valence electrons. The summed E-state index contributed by atoms with van der Waals surface area (Å²) in [7, 11) is 1.68. The summed E-state index contributed by atoms with van der Waals surface area (Å²) in [5.74, 6) is 2.17. The van der Waals surface area contributed by atoms with E-state index >= 15 is 0 Å². The number of fused-ring (bicyclic) bond motifs is 1. The molecule has 15 heavy (non-hydrogen) atoms. The minimum atomic E-state index is 0.325. The van der Waals surface area contributed by atoms with Gasteiger partial charge in [-0.25, -0.2) is 0 Å². The minimum absolute atomic E-state index is 0.325. The van der Waals surface area contributed by atoms with Gasteiger partial charge in [0.15, 0.2) is 0 Å². The standard InChI is InChI=1S/C12H17NO2/c1-8(7-13)10-5-9-3-4-15-11(9)6-12(10)14-2/h5-6,8H,3-4,7,13H2,1-2H3. The van der Waals surface area contributed by atoms with Crippen LogP contribution in [0.3, 0.4) is 0 Å². The van der Waals surface area contributed by atoms with Crippen LogP contribution >= 0.6 is 0 Å². The molecule has 3 heteroatoms. The van der Waals surface area contributed by atoms with E-state index < -0.39 is 0 Å². The van der Waals surface area contributed by atoms with Crippen LogP contribution in [0.5, 0.6) is 11.5 Å². The van der Waals surface area contributed by atoms with Crippen LogP contribution in [-0.2, 0) is 6.42 Å². The molecule has 0 aromatic heterocycles. The molecule has 0 fully saturated rings. The molecule has 1 aromatic carbocycles. The average Bonchev–Trinajstić information content (AvgIpc) is 2.73. The van der Waals surface area contributed by atoms with Crippen molar-refractivity contribution in [2.24, 2.45) is 5.73 Å². The Balaban J connectivity index is 2.44. The second-order valence-corrected chi connectivity index (χ2v) is 3.94. The second-order valence-electron chi connectivity index (χ2n) is 3.94. The summed E-state index contributed by atoms with van der Waals surface area (Å²) in [5.41, 5.74) is 8.14. The number of hydrogen-bond donors (Lipinski definition) is 1. The summed E-state index contributed by atoms with van der Waals surface area (Å²) < 4.78 is 10.9. The lowest BCUT2D eigenvalue weighted by atomic mass is 9.97. The Morgan fingerprint density at radius 1 is 1.53 bits per heavy atom. The van der Waals surface area contributed by atoms with Gasteiger partial charge in [0, 0.05) is 12.5 Å². The second kappa shape index (κ2) is 4.11. The van der Waals surface area contributed by atoms with Crippen molar-refractivity contribution in [2.75, 3.05) is 20.3 Å². The third kappa shape index (κ3) is 1.79. The van der Waals surface area contributed by atoms with Gasteiger partial charge in [-0.3, -0.25) is 0 Å². The van der Waals surface area contributed by atoms with E-state index in [0.717, 1.165) is 24.5 Å². The van der Waals surface area contributed by atoms with Crippen molar-refractivity contribution in [1.29, 1.82) is 0 Å². The van der Waals surface area contributed by atoms with Crippen LogP contribution in [0, 0.1) is 0 Å². The Hall–Kier alpha value is -1.22. The quantitative estimate of drug-likeness (QED) is 0.820. The molecule has 1 heterocycles. The highest BCUT2D eigenvalue weighted by molar-refractivity contribution is 5.49. The van der Waals surface area contributed by atoms with Gasteiger partial charge >= 0.3 is 0 Å². The van der Waals surface area contributed by atoms with Gasteiger partial charge < -0.3 is 15.2 Å². The summed E-state index contributed by atoms with van der Waals surface area (Å²) in [6, 6.07) is 4.14. The summed E-state index contributed by atoms with van der Waals surface area (Å²) >= 11 is 0. The number of nitrogens with two attached hydrogens (primary N) is 1. The van der Waals surface area contributed by atoms with E-state index in [0.29, 0.717) is 12.5 Å². The average molecular weight is 207 g/mol. The molecular formula is C12H17NO2. The molecule has 0 amide bonds. The minimum Gasteiger partial charge on any atom is -0.496 e. The molecule has 1 unspecified atom stereocenters. The van der Waals surface area contributed by atoms with Gasteiger partial charge in [0.1, 0.15) is 11.5 Å². The smallest absolute Gasteiger partial charge is 0.126 e. The lowest BCUT2D eigenvalue weighted by molar-refractivity contribution is 0.352.